The van der Waals surface area contributed by atoms with Crippen LogP contribution < -0.4 is 16.0 Å². The van der Waals surface area contributed by atoms with Gasteiger partial charge in [-0.2, -0.15) is 5.21 Å². The fraction of sp³-hybridized carbons (Fsp3) is 0.382. The first kappa shape index (κ1) is 33.5. The van der Waals surface area contributed by atoms with Crippen LogP contribution in [0.25, 0.3) is 22.5 Å². The molecule has 246 valence electrons. The zero-order valence-electron chi connectivity index (χ0n) is 26.6. The molecule has 47 heavy (non-hydrogen) atoms. The molecule has 3 amide bonds. The zero-order valence-corrected chi connectivity index (χ0v) is 27.4. The molecule has 2 heterocycles. The Labute approximate surface area is 278 Å². The topological polar surface area (TPSA) is 164 Å². The molecule has 1 aliphatic rings. The van der Waals surface area contributed by atoms with Gasteiger partial charge >= 0.3 is 6.09 Å². The molecule has 4 aromatic rings. The van der Waals surface area contributed by atoms with Crippen molar-refractivity contribution in [3.05, 3.63) is 77.6 Å². The van der Waals surface area contributed by atoms with E-state index in [9.17, 15) is 14.4 Å². The lowest BCUT2D eigenvalue weighted by Gasteiger charge is -2.29. The van der Waals surface area contributed by atoms with E-state index >= 15 is 0 Å². The van der Waals surface area contributed by atoms with Gasteiger partial charge in [-0.25, -0.2) is 4.79 Å². The van der Waals surface area contributed by atoms with Crippen LogP contribution in [0, 0.1) is 11.8 Å². The van der Waals surface area contributed by atoms with Crippen LogP contribution in [0.2, 0.25) is 5.02 Å². The van der Waals surface area contributed by atoms with E-state index < -0.39 is 17.7 Å². The van der Waals surface area contributed by atoms with E-state index in [-0.39, 0.29) is 30.1 Å². The van der Waals surface area contributed by atoms with E-state index in [4.69, 9.17) is 16.3 Å². The van der Waals surface area contributed by atoms with E-state index in [1.165, 1.54) is 0 Å². The molecule has 2 aromatic carbocycles. The number of amides is 3. The first-order valence-corrected chi connectivity index (χ1v) is 16.0. The first-order chi connectivity index (χ1) is 22.5. The SMILES string of the molecule is CC(C)(C)OC(=O)NCC1CCC(C(=O)N[C@@H](Cc2ccc(-c3ccncc3Cl)cc2)C(=O)Nc2ccc(-c3nn[nH]n3)cc2)CC1. The fourth-order valence-electron chi connectivity index (χ4n) is 5.55. The number of carbonyl (C=O) groups excluding carboxylic acids is 3. The van der Waals surface area contributed by atoms with Gasteiger partial charge in [-0.05, 0) is 99.0 Å². The average Bonchev–Trinajstić information content (AvgIpc) is 3.59. The van der Waals surface area contributed by atoms with E-state index in [0.29, 0.717) is 35.9 Å². The van der Waals surface area contributed by atoms with Gasteiger partial charge in [0.1, 0.15) is 11.6 Å². The summed E-state index contributed by atoms with van der Waals surface area (Å²) in [6.45, 7) is 5.98. The molecule has 0 unspecified atom stereocenters. The number of hydrogen-bond donors (Lipinski definition) is 4. The smallest absolute Gasteiger partial charge is 0.407 e. The van der Waals surface area contributed by atoms with Crippen molar-refractivity contribution in [3.8, 4) is 22.5 Å². The number of nitrogens with one attached hydrogen (secondary N) is 4. The van der Waals surface area contributed by atoms with E-state index in [1.54, 1.807) is 36.7 Å². The highest BCUT2D eigenvalue weighted by Gasteiger charge is 2.30. The molecule has 0 spiro atoms. The number of alkyl carbamates (subject to hydrolysis) is 1. The zero-order chi connectivity index (χ0) is 33.4. The number of halogens is 1. The molecule has 1 saturated carbocycles. The van der Waals surface area contributed by atoms with Gasteiger partial charge in [-0.1, -0.05) is 35.9 Å². The second-order valence-electron chi connectivity index (χ2n) is 12.7. The Kier molecular flexibility index (Phi) is 10.8. The Hall–Kier alpha value is -4.84. The molecular formula is C34H39ClN8O4. The van der Waals surface area contributed by atoms with Crippen LogP contribution in [0.5, 0.6) is 0 Å². The summed E-state index contributed by atoms with van der Waals surface area (Å²) in [5.41, 5.74) is 3.41. The summed E-state index contributed by atoms with van der Waals surface area (Å²) in [6, 6.07) is 15.8. The first-order valence-electron chi connectivity index (χ1n) is 15.6. The highest BCUT2D eigenvalue weighted by Crippen LogP contribution is 2.30. The van der Waals surface area contributed by atoms with Crippen LogP contribution in [0.1, 0.15) is 52.0 Å². The van der Waals surface area contributed by atoms with Crippen molar-refractivity contribution in [1.82, 2.24) is 36.2 Å². The standard InChI is InChI=1S/C34H39ClN8O4/c1-34(2,3)47-33(46)37-19-22-6-10-25(11-7-22)31(44)39-29(18-21-4-8-23(9-5-21)27-16-17-36-20-28(27)35)32(45)38-26-14-12-24(13-15-26)30-40-42-43-41-30/h4-5,8-9,12-17,20,22,25,29H,6-7,10-11,18-19H2,1-3H3,(H,37,46)(H,38,45)(H,39,44)(H,40,41,42,43)/t22?,25?,29-/m0/s1. The third-order valence-corrected chi connectivity index (χ3v) is 8.32. The molecule has 5 rings (SSSR count). The van der Waals surface area contributed by atoms with Crippen molar-refractivity contribution in [2.45, 2.75) is 64.5 Å². The van der Waals surface area contributed by atoms with Crippen LogP contribution >= 0.6 is 11.6 Å². The molecule has 1 atom stereocenters. The molecule has 0 saturated heterocycles. The summed E-state index contributed by atoms with van der Waals surface area (Å²) in [4.78, 5) is 43.3. The Morgan fingerprint density at radius 1 is 0.979 bits per heavy atom. The highest BCUT2D eigenvalue weighted by molar-refractivity contribution is 6.33. The van der Waals surface area contributed by atoms with Crippen LogP contribution in [0.15, 0.2) is 67.0 Å². The van der Waals surface area contributed by atoms with Gasteiger partial charge in [0.25, 0.3) is 0 Å². The monoisotopic (exact) mass is 658 g/mol. The van der Waals surface area contributed by atoms with Crippen LogP contribution in [-0.2, 0) is 20.7 Å². The number of carbonyl (C=O) groups is 3. The minimum absolute atomic E-state index is 0.156. The van der Waals surface area contributed by atoms with Crippen molar-refractivity contribution in [1.29, 1.82) is 0 Å². The number of ether oxygens (including phenoxy) is 1. The van der Waals surface area contributed by atoms with Crippen molar-refractivity contribution >= 4 is 35.2 Å². The predicted octanol–water partition coefficient (Wildman–Crippen LogP) is 5.58. The van der Waals surface area contributed by atoms with Gasteiger partial charge in [0, 0.05) is 48.1 Å². The Morgan fingerprint density at radius 3 is 2.32 bits per heavy atom. The van der Waals surface area contributed by atoms with Crippen molar-refractivity contribution in [2.24, 2.45) is 11.8 Å². The molecule has 1 aliphatic carbocycles. The summed E-state index contributed by atoms with van der Waals surface area (Å²) in [7, 11) is 0. The molecule has 13 heteroatoms. The average molecular weight is 659 g/mol. The number of aromatic amines is 1. The lowest BCUT2D eigenvalue weighted by atomic mass is 9.81. The number of benzene rings is 2. The number of hydrogen-bond acceptors (Lipinski definition) is 8. The molecule has 1 fully saturated rings. The van der Waals surface area contributed by atoms with E-state index in [1.807, 2.05) is 51.1 Å². The molecule has 2 aromatic heterocycles. The van der Waals surface area contributed by atoms with Gasteiger partial charge in [0.05, 0.1) is 5.02 Å². The summed E-state index contributed by atoms with van der Waals surface area (Å²) >= 11 is 6.34. The number of tetrazole rings is 1. The van der Waals surface area contributed by atoms with Gasteiger partial charge in [-0.3, -0.25) is 14.6 Å². The van der Waals surface area contributed by atoms with Crippen LogP contribution in [0.3, 0.4) is 0 Å². The largest absolute Gasteiger partial charge is 0.444 e. The molecular weight excluding hydrogens is 620 g/mol. The molecule has 0 radical (unpaired) electrons. The van der Waals surface area contributed by atoms with Gasteiger partial charge in [0.15, 0.2) is 0 Å². The number of anilines is 1. The molecule has 0 bridgehead atoms. The van der Waals surface area contributed by atoms with Crippen LogP contribution in [-0.4, -0.2) is 61.7 Å². The van der Waals surface area contributed by atoms with Crippen LogP contribution in [0.4, 0.5) is 10.5 Å². The minimum Gasteiger partial charge on any atom is -0.444 e. The maximum absolute atomic E-state index is 13.6. The number of pyridine rings is 1. The van der Waals surface area contributed by atoms with Crippen molar-refractivity contribution in [2.75, 3.05) is 11.9 Å². The molecule has 4 N–H and O–H groups in total. The van der Waals surface area contributed by atoms with Gasteiger partial charge in [0.2, 0.25) is 17.6 Å². The Bertz CT molecular complexity index is 1650. The number of aromatic nitrogens is 5. The third kappa shape index (κ3) is 9.58. The normalized spacial score (nSPS) is 16.9. The van der Waals surface area contributed by atoms with E-state index in [0.717, 1.165) is 35.1 Å². The maximum atomic E-state index is 13.6. The minimum atomic E-state index is -0.818. The summed E-state index contributed by atoms with van der Waals surface area (Å²) < 4.78 is 5.33. The predicted molar refractivity (Wildman–Crippen MR) is 178 cm³/mol. The highest BCUT2D eigenvalue weighted by atomic mass is 35.5. The second-order valence-corrected chi connectivity index (χ2v) is 13.1. The lowest BCUT2D eigenvalue weighted by Crippen LogP contribution is -2.48. The van der Waals surface area contributed by atoms with Crippen molar-refractivity contribution in [3.63, 3.8) is 0 Å². The number of nitrogens with zero attached hydrogens (tertiary/aromatic N) is 4. The summed E-state index contributed by atoms with van der Waals surface area (Å²) in [5.74, 6) is -0.0135. The van der Waals surface area contributed by atoms with Gasteiger partial charge < -0.3 is 20.7 Å². The second kappa shape index (κ2) is 15.2. The molecule has 0 aliphatic heterocycles. The lowest BCUT2D eigenvalue weighted by molar-refractivity contribution is -0.130. The van der Waals surface area contributed by atoms with Gasteiger partial charge in [-0.15, -0.1) is 10.2 Å². The quantitative estimate of drug-likeness (QED) is 0.172. The van der Waals surface area contributed by atoms with Crippen molar-refractivity contribution < 1.29 is 19.1 Å². The van der Waals surface area contributed by atoms with E-state index in [2.05, 4.69) is 41.6 Å². The third-order valence-electron chi connectivity index (χ3n) is 8.02. The Morgan fingerprint density at radius 2 is 1.68 bits per heavy atom. The molecule has 12 nitrogen and oxygen atoms in total. The number of rotatable bonds is 10. The summed E-state index contributed by atoms with van der Waals surface area (Å²) in [6.07, 6.45) is 6.04. The fourth-order valence-corrected chi connectivity index (χ4v) is 5.78. The number of H-pyrrole nitrogens is 1. The Balaban J connectivity index is 1.23. The summed E-state index contributed by atoms with van der Waals surface area (Å²) in [5, 5.41) is 23.3. The maximum Gasteiger partial charge on any atom is 0.407 e.